The minimum absolute atomic E-state index is 0.0866. The molecule has 0 saturated carbocycles. The SMILES string of the molecule is COc1cc(-c2ccc3c(c2)Nc2cc(CC(=O)N(C)CC4OCCO4)ccc2NC3=O)ccc1[N+](=O)[O-]. The predicted molar refractivity (Wildman–Crippen MR) is 140 cm³/mol. The van der Waals surface area contributed by atoms with Gasteiger partial charge >= 0.3 is 5.69 Å². The Bertz CT molecular complexity index is 1420. The van der Waals surface area contributed by atoms with E-state index >= 15 is 0 Å². The van der Waals surface area contributed by atoms with E-state index < -0.39 is 11.2 Å². The van der Waals surface area contributed by atoms with Crippen molar-refractivity contribution in [3.05, 3.63) is 75.8 Å². The molecule has 11 nitrogen and oxygen atoms in total. The van der Waals surface area contributed by atoms with E-state index in [9.17, 15) is 19.7 Å². The average Bonchev–Trinajstić information content (AvgIpc) is 3.37. The van der Waals surface area contributed by atoms with Crippen molar-refractivity contribution < 1.29 is 28.7 Å². The molecule has 2 aliphatic rings. The number of nitro groups is 1. The van der Waals surface area contributed by atoms with Crippen LogP contribution in [0.15, 0.2) is 54.6 Å². The highest BCUT2D eigenvalue weighted by Crippen LogP contribution is 2.37. The Hall–Kier alpha value is -4.48. The maximum Gasteiger partial charge on any atom is 0.310 e. The van der Waals surface area contributed by atoms with E-state index in [4.69, 9.17) is 14.2 Å². The smallest absolute Gasteiger partial charge is 0.310 e. The number of hydrogen-bond acceptors (Lipinski definition) is 8. The summed E-state index contributed by atoms with van der Waals surface area (Å²) in [6.45, 7) is 1.40. The highest BCUT2D eigenvalue weighted by atomic mass is 16.7. The lowest BCUT2D eigenvalue weighted by Crippen LogP contribution is -2.35. The number of nitro benzene ring substituents is 1. The number of fused-ring (bicyclic) bond motifs is 2. The topological polar surface area (TPSA) is 132 Å². The van der Waals surface area contributed by atoms with Gasteiger partial charge in [0, 0.05) is 13.1 Å². The molecule has 5 rings (SSSR count). The lowest BCUT2D eigenvalue weighted by Gasteiger charge is -2.20. The number of benzene rings is 3. The normalized spacial score (nSPS) is 14.5. The Morgan fingerprint density at radius 3 is 2.50 bits per heavy atom. The van der Waals surface area contributed by atoms with Crippen LogP contribution in [0.4, 0.5) is 22.7 Å². The van der Waals surface area contributed by atoms with Crippen molar-refractivity contribution in [3.8, 4) is 16.9 Å². The number of methoxy groups -OCH3 is 1. The van der Waals surface area contributed by atoms with Gasteiger partial charge in [0.2, 0.25) is 5.91 Å². The van der Waals surface area contributed by atoms with Crippen LogP contribution >= 0.6 is 0 Å². The lowest BCUT2D eigenvalue weighted by atomic mass is 10.0. The molecule has 2 amide bonds. The maximum absolute atomic E-state index is 12.9. The molecular weight excluding hydrogens is 492 g/mol. The monoisotopic (exact) mass is 518 g/mol. The summed E-state index contributed by atoms with van der Waals surface area (Å²) in [4.78, 5) is 38.0. The van der Waals surface area contributed by atoms with Crippen LogP contribution in [0.3, 0.4) is 0 Å². The van der Waals surface area contributed by atoms with Gasteiger partial charge in [-0.3, -0.25) is 19.7 Å². The van der Waals surface area contributed by atoms with Crippen molar-refractivity contribution in [1.29, 1.82) is 0 Å². The zero-order valence-electron chi connectivity index (χ0n) is 20.9. The maximum atomic E-state index is 12.9. The summed E-state index contributed by atoms with van der Waals surface area (Å²) in [5, 5.41) is 17.5. The second-order valence-electron chi connectivity index (χ2n) is 8.99. The van der Waals surface area contributed by atoms with E-state index in [1.54, 1.807) is 54.4 Å². The van der Waals surface area contributed by atoms with E-state index in [0.717, 1.165) is 11.1 Å². The van der Waals surface area contributed by atoms with Crippen LogP contribution in [0.5, 0.6) is 5.75 Å². The zero-order valence-corrected chi connectivity index (χ0v) is 20.9. The molecule has 3 aromatic rings. The molecule has 38 heavy (non-hydrogen) atoms. The first kappa shape index (κ1) is 25.2. The summed E-state index contributed by atoms with van der Waals surface area (Å²) < 4.78 is 16.0. The van der Waals surface area contributed by atoms with Crippen molar-refractivity contribution >= 4 is 34.6 Å². The molecular formula is C27H26N4O7. The van der Waals surface area contributed by atoms with E-state index in [2.05, 4.69) is 10.6 Å². The van der Waals surface area contributed by atoms with Gasteiger partial charge in [-0.05, 0) is 53.1 Å². The molecule has 0 bridgehead atoms. The summed E-state index contributed by atoms with van der Waals surface area (Å²) in [7, 11) is 3.09. The average molecular weight is 519 g/mol. The van der Waals surface area contributed by atoms with Gasteiger partial charge in [-0.1, -0.05) is 12.1 Å². The number of carbonyl (C=O) groups excluding carboxylic acids is 2. The highest BCUT2D eigenvalue weighted by Gasteiger charge is 2.23. The number of ether oxygens (including phenoxy) is 3. The summed E-state index contributed by atoms with van der Waals surface area (Å²) in [5.74, 6) is -0.223. The first-order valence-corrected chi connectivity index (χ1v) is 12.0. The zero-order chi connectivity index (χ0) is 26.8. The van der Waals surface area contributed by atoms with Crippen LogP contribution in [0.1, 0.15) is 15.9 Å². The van der Waals surface area contributed by atoms with Crippen molar-refractivity contribution in [2.24, 2.45) is 0 Å². The number of rotatable bonds is 7. The third-order valence-electron chi connectivity index (χ3n) is 6.47. The van der Waals surface area contributed by atoms with Crippen molar-refractivity contribution in [2.75, 3.05) is 44.5 Å². The predicted octanol–water partition coefficient (Wildman–Crippen LogP) is 3.95. The van der Waals surface area contributed by atoms with Crippen LogP contribution in [0.25, 0.3) is 11.1 Å². The first-order valence-electron chi connectivity index (χ1n) is 12.0. The summed E-state index contributed by atoms with van der Waals surface area (Å²) in [6, 6.07) is 15.3. The fourth-order valence-corrected chi connectivity index (χ4v) is 4.43. The van der Waals surface area contributed by atoms with Crippen molar-refractivity contribution in [2.45, 2.75) is 12.7 Å². The highest BCUT2D eigenvalue weighted by molar-refractivity contribution is 6.12. The second kappa shape index (κ2) is 10.5. The quantitative estimate of drug-likeness (QED) is 0.355. The van der Waals surface area contributed by atoms with Gasteiger partial charge in [0.15, 0.2) is 12.0 Å². The van der Waals surface area contributed by atoms with Gasteiger partial charge in [-0.15, -0.1) is 0 Å². The Balaban J connectivity index is 1.39. The fraction of sp³-hybridized carbons (Fsp3) is 0.259. The van der Waals surface area contributed by atoms with Gasteiger partial charge in [0.1, 0.15) is 0 Å². The summed E-state index contributed by atoms with van der Waals surface area (Å²) in [6.07, 6.45) is -0.240. The van der Waals surface area contributed by atoms with E-state index in [-0.39, 0.29) is 29.7 Å². The third kappa shape index (κ3) is 5.15. The molecule has 196 valence electrons. The number of carbonyl (C=O) groups is 2. The van der Waals surface area contributed by atoms with Crippen LogP contribution in [-0.4, -0.2) is 61.8 Å². The largest absolute Gasteiger partial charge is 0.490 e. The van der Waals surface area contributed by atoms with E-state index in [0.29, 0.717) is 47.9 Å². The fourth-order valence-electron chi connectivity index (χ4n) is 4.43. The van der Waals surface area contributed by atoms with Crippen molar-refractivity contribution in [1.82, 2.24) is 4.90 Å². The molecule has 1 fully saturated rings. The van der Waals surface area contributed by atoms with E-state index in [1.165, 1.54) is 13.2 Å². The Morgan fingerprint density at radius 2 is 1.76 bits per heavy atom. The second-order valence-corrected chi connectivity index (χ2v) is 8.99. The summed E-state index contributed by atoms with van der Waals surface area (Å²) >= 11 is 0. The Kier molecular flexibility index (Phi) is 6.95. The summed E-state index contributed by atoms with van der Waals surface area (Å²) in [5.41, 5.74) is 4.31. The van der Waals surface area contributed by atoms with Gasteiger partial charge in [-0.2, -0.15) is 0 Å². The van der Waals surface area contributed by atoms with Crippen molar-refractivity contribution in [3.63, 3.8) is 0 Å². The molecule has 0 aromatic heterocycles. The number of anilines is 3. The molecule has 3 aromatic carbocycles. The number of hydrogen-bond donors (Lipinski definition) is 2. The molecule has 1 saturated heterocycles. The van der Waals surface area contributed by atoms with Gasteiger partial charge in [-0.25, -0.2) is 0 Å². The minimum atomic E-state index is -0.501. The molecule has 0 aliphatic carbocycles. The third-order valence-corrected chi connectivity index (χ3v) is 6.47. The molecule has 2 heterocycles. The molecule has 0 atom stereocenters. The van der Waals surface area contributed by atoms with Gasteiger partial charge < -0.3 is 29.7 Å². The molecule has 0 unspecified atom stereocenters. The number of nitrogens with zero attached hydrogens (tertiary/aromatic N) is 2. The Labute approximate surface area is 218 Å². The lowest BCUT2D eigenvalue weighted by molar-refractivity contribution is -0.385. The van der Waals surface area contributed by atoms with Gasteiger partial charge in [0.05, 0.1) is 60.8 Å². The van der Waals surface area contributed by atoms with Crippen LogP contribution < -0.4 is 15.4 Å². The van der Waals surface area contributed by atoms with Crippen LogP contribution in [-0.2, 0) is 20.7 Å². The van der Waals surface area contributed by atoms with E-state index in [1.807, 2.05) is 6.07 Å². The molecule has 2 N–H and O–H groups in total. The molecule has 0 radical (unpaired) electrons. The Morgan fingerprint density at radius 1 is 1.03 bits per heavy atom. The van der Waals surface area contributed by atoms with Gasteiger partial charge in [0.25, 0.3) is 5.91 Å². The number of nitrogens with one attached hydrogen (secondary N) is 2. The molecule has 2 aliphatic heterocycles. The minimum Gasteiger partial charge on any atom is -0.490 e. The number of likely N-dealkylation sites (N-methyl/N-ethyl adjacent to an activating group) is 1. The van der Waals surface area contributed by atoms with Crippen LogP contribution in [0, 0.1) is 10.1 Å². The standard InChI is InChI=1S/C27H26N4O7/c1-30(15-26-37-9-10-38-26)25(32)12-16-3-7-20-22(11-16)28-21-13-17(4-6-19(21)27(33)29-20)18-5-8-23(31(34)35)24(14-18)36-2/h3-8,11,13-14,26,28H,9-10,12,15H2,1-2H3,(H,29,33). The first-order chi connectivity index (χ1) is 18.3. The molecule has 11 heteroatoms. The van der Waals surface area contributed by atoms with Crippen LogP contribution in [0.2, 0.25) is 0 Å². The number of amides is 2. The molecule has 0 spiro atoms.